The quantitative estimate of drug-likeness (QED) is 0.411. The first-order chi connectivity index (χ1) is 6.96. The number of carboxylic acids is 1. The number of hydrogen-bond acceptors (Lipinski definition) is 5. The second kappa shape index (κ2) is 7.38. The lowest BCUT2D eigenvalue weighted by molar-refractivity contribution is -0.137. The van der Waals surface area contributed by atoms with E-state index in [0.717, 1.165) is 0 Å². The summed E-state index contributed by atoms with van der Waals surface area (Å²) < 4.78 is 0. The molecule has 3 N–H and O–H groups in total. The Kier molecular flexibility index (Phi) is 7.42. The lowest BCUT2D eigenvalue weighted by Gasteiger charge is -2.31. The van der Waals surface area contributed by atoms with E-state index in [1.165, 1.54) is 0 Å². The molecule has 0 saturated carbocycles. The lowest BCUT2D eigenvalue weighted by Crippen LogP contribution is -2.44. The molecule has 4 nitrogen and oxygen atoms in total. The standard InChI is InChI=1S/C9H18O4S2/c10-7(2-1-3-8(11)12)9(13,6-15)4-5-14/h7,10,13-15H,1-6H2,(H,11,12). The first kappa shape index (κ1) is 15.1. The van der Waals surface area contributed by atoms with Crippen LogP contribution in [0.3, 0.4) is 0 Å². The molecule has 0 radical (unpaired) electrons. The summed E-state index contributed by atoms with van der Waals surface area (Å²) in [6.45, 7) is 0. The molecule has 0 spiro atoms. The third-order valence-corrected chi connectivity index (χ3v) is 3.08. The van der Waals surface area contributed by atoms with E-state index in [-0.39, 0.29) is 18.6 Å². The fourth-order valence-corrected chi connectivity index (χ4v) is 2.02. The van der Waals surface area contributed by atoms with Crippen LogP contribution in [0.5, 0.6) is 0 Å². The van der Waals surface area contributed by atoms with Crippen LogP contribution in [0.25, 0.3) is 0 Å². The molecule has 2 atom stereocenters. The van der Waals surface area contributed by atoms with Gasteiger partial charge < -0.3 is 15.3 Å². The zero-order chi connectivity index (χ0) is 11.9. The first-order valence-corrected chi connectivity index (χ1v) is 6.06. The normalized spacial score (nSPS) is 17.1. The molecule has 6 heteroatoms. The van der Waals surface area contributed by atoms with Crippen LogP contribution < -0.4 is 0 Å². The Bertz CT molecular complexity index is 201. The van der Waals surface area contributed by atoms with Crippen LogP contribution >= 0.6 is 25.3 Å². The topological polar surface area (TPSA) is 77.8 Å². The number of carbonyl (C=O) groups is 1. The zero-order valence-electron chi connectivity index (χ0n) is 8.46. The highest BCUT2D eigenvalue weighted by molar-refractivity contribution is 7.80. The van der Waals surface area contributed by atoms with E-state index in [4.69, 9.17) is 5.11 Å². The Morgan fingerprint density at radius 3 is 2.40 bits per heavy atom. The van der Waals surface area contributed by atoms with Gasteiger partial charge in [0.1, 0.15) is 0 Å². The van der Waals surface area contributed by atoms with Crippen molar-refractivity contribution in [2.24, 2.45) is 0 Å². The molecule has 0 aromatic heterocycles. The van der Waals surface area contributed by atoms with Crippen molar-refractivity contribution in [2.45, 2.75) is 37.4 Å². The molecule has 0 bridgehead atoms. The van der Waals surface area contributed by atoms with Crippen molar-refractivity contribution in [3.8, 4) is 0 Å². The Hall–Kier alpha value is 0.0900. The maximum atomic E-state index is 10.3. The van der Waals surface area contributed by atoms with Crippen molar-refractivity contribution in [2.75, 3.05) is 11.5 Å². The van der Waals surface area contributed by atoms with E-state index in [1.807, 2.05) is 0 Å². The number of thiol groups is 2. The Morgan fingerprint density at radius 1 is 1.40 bits per heavy atom. The molecule has 0 amide bonds. The number of aliphatic carboxylic acids is 1. The van der Waals surface area contributed by atoms with Gasteiger partial charge in [-0.3, -0.25) is 4.79 Å². The fraction of sp³-hybridized carbons (Fsp3) is 0.889. The van der Waals surface area contributed by atoms with Crippen molar-refractivity contribution in [1.82, 2.24) is 0 Å². The summed E-state index contributed by atoms with van der Waals surface area (Å²) in [5.41, 5.74) is -1.26. The van der Waals surface area contributed by atoms with E-state index in [2.05, 4.69) is 25.3 Å². The molecule has 15 heavy (non-hydrogen) atoms. The predicted octanol–water partition coefficient (Wildman–Crippen LogP) is 0.583. The minimum absolute atomic E-state index is 0.000582. The van der Waals surface area contributed by atoms with Crippen LogP contribution in [0.1, 0.15) is 25.7 Å². The average Bonchev–Trinajstić information content (AvgIpc) is 2.17. The van der Waals surface area contributed by atoms with Gasteiger partial charge in [0.25, 0.3) is 0 Å². The maximum Gasteiger partial charge on any atom is 0.303 e. The molecule has 0 rings (SSSR count). The molecule has 0 heterocycles. The van der Waals surface area contributed by atoms with Gasteiger partial charge in [-0.15, -0.1) is 0 Å². The molecule has 2 unspecified atom stereocenters. The van der Waals surface area contributed by atoms with Crippen LogP contribution in [-0.2, 0) is 4.79 Å². The van der Waals surface area contributed by atoms with Gasteiger partial charge >= 0.3 is 5.97 Å². The van der Waals surface area contributed by atoms with Crippen LogP contribution in [-0.4, -0.2) is 44.5 Å². The van der Waals surface area contributed by atoms with Crippen LogP contribution in [0.4, 0.5) is 0 Å². The van der Waals surface area contributed by atoms with Crippen molar-refractivity contribution < 1.29 is 20.1 Å². The summed E-state index contributed by atoms with van der Waals surface area (Å²) in [5.74, 6) is -0.305. The summed E-state index contributed by atoms with van der Waals surface area (Å²) in [5, 5.41) is 28.0. The van der Waals surface area contributed by atoms with Gasteiger partial charge in [0.2, 0.25) is 0 Å². The molecule has 0 aliphatic carbocycles. The highest BCUT2D eigenvalue weighted by Gasteiger charge is 2.32. The molecular formula is C9H18O4S2. The average molecular weight is 254 g/mol. The minimum Gasteiger partial charge on any atom is -0.481 e. The molecular weight excluding hydrogens is 236 g/mol. The fourth-order valence-electron chi connectivity index (χ4n) is 1.26. The lowest BCUT2D eigenvalue weighted by atomic mass is 9.92. The van der Waals surface area contributed by atoms with Gasteiger partial charge in [-0.1, -0.05) is 0 Å². The molecule has 0 fully saturated rings. The van der Waals surface area contributed by atoms with Crippen molar-refractivity contribution >= 4 is 31.2 Å². The highest BCUT2D eigenvalue weighted by Crippen LogP contribution is 2.22. The summed E-state index contributed by atoms with van der Waals surface area (Å²) in [4.78, 5) is 10.3. The number of hydrogen-bond donors (Lipinski definition) is 5. The third-order valence-electron chi connectivity index (χ3n) is 2.31. The minimum atomic E-state index is -1.26. The van der Waals surface area contributed by atoms with Crippen molar-refractivity contribution in [3.05, 3.63) is 0 Å². The highest BCUT2D eigenvalue weighted by atomic mass is 32.1. The van der Waals surface area contributed by atoms with Gasteiger partial charge in [-0.05, 0) is 25.0 Å². The molecule has 0 saturated heterocycles. The smallest absolute Gasteiger partial charge is 0.303 e. The van der Waals surface area contributed by atoms with E-state index in [0.29, 0.717) is 18.6 Å². The molecule has 0 aromatic carbocycles. The molecule has 0 aliphatic heterocycles. The van der Waals surface area contributed by atoms with Gasteiger partial charge in [0.15, 0.2) is 0 Å². The molecule has 0 aromatic rings. The van der Waals surface area contributed by atoms with Crippen LogP contribution in [0, 0.1) is 0 Å². The Balaban J connectivity index is 4.03. The largest absolute Gasteiger partial charge is 0.481 e. The van der Waals surface area contributed by atoms with Gasteiger partial charge in [-0.25, -0.2) is 0 Å². The molecule has 90 valence electrons. The van der Waals surface area contributed by atoms with E-state index in [1.54, 1.807) is 0 Å². The second-order valence-electron chi connectivity index (χ2n) is 3.54. The maximum absolute atomic E-state index is 10.3. The third kappa shape index (κ3) is 5.65. The van der Waals surface area contributed by atoms with Gasteiger partial charge in [-0.2, -0.15) is 25.3 Å². The number of carboxylic acid groups (broad SMARTS) is 1. The summed E-state index contributed by atoms with van der Waals surface area (Å²) >= 11 is 7.96. The Labute approximate surface area is 101 Å². The zero-order valence-corrected chi connectivity index (χ0v) is 10.3. The number of rotatable bonds is 8. The summed E-state index contributed by atoms with van der Waals surface area (Å²) in [6, 6.07) is 0. The van der Waals surface area contributed by atoms with Gasteiger partial charge in [0.05, 0.1) is 11.7 Å². The summed E-state index contributed by atoms with van der Waals surface area (Å²) in [7, 11) is 0. The van der Waals surface area contributed by atoms with Crippen molar-refractivity contribution in [1.29, 1.82) is 0 Å². The molecule has 0 aliphatic rings. The first-order valence-electron chi connectivity index (χ1n) is 4.80. The Morgan fingerprint density at radius 2 is 2.00 bits per heavy atom. The number of aliphatic hydroxyl groups excluding tert-OH is 1. The van der Waals surface area contributed by atoms with Gasteiger partial charge in [0, 0.05) is 12.2 Å². The van der Waals surface area contributed by atoms with E-state index < -0.39 is 17.7 Å². The predicted molar refractivity (Wildman–Crippen MR) is 64.8 cm³/mol. The SMILES string of the molecule is O=C(O)CCCC(O)C(O)(CS)CCS. The van der Waals surface area contributed by atoms with E-state index in [9.17, 15) is 15.0 Å². The number of aliphatic hydroxyl groups is 2. The van der Waals surface area contributed by atoms with Crippen LogP contribution in [0.2, 0.25) is 0 Å². The van der Waals surface area contributed by atoms with Crippen molar-refractivity contribution in [3.63, 3.8) is 0 Å². The summed E-state index contributed by atoms with van der Waals surface area (Å²) in [6.07, 6.45) is 0.00608. The second-order valence-corrected chi connectivity index (χ2v) is 4.30. The van der Waals surface area contributed by atoms with E-state index >= 15 is 0 Å². The van der Waals surface area contributed by atoms with Crippen LogP contribution in [0.15, 0.2) is 0 Å². The monoisotopic (exact) mass is 254 g/mol.